The van der Waals surface area contributed by atoms with E-state index in [1.807, 2.05) is 27.7 Å². The summed E-state index contributed by atoms with van der Waals surface area (Å²) in [5.41, 5.74) is 14.6. The van der Waals surface area contributed by atoms with Crippen LogP contribution in [0.4, 0.5) is 4.79 Å². The van der Waals surface area contributed by atoms with Crippen molar-refractivity contribution in [3.63, 3.8) is 0 Å². The minimum absolute atomic E-state index is 0. The number of carbonyl (C=O) groups is 7. The van der Waals surface area contributed by atoms with E-state index in [9.17, 15) is 33.6 Å². The molecule has 376 valence electrons. The molecule has 0 saturated carbocycles. The van der Waals surface area contributed by atoms with Crippen LogP contribution < -0.4 is 48.1 Å². The molecule has 72 heavy (non-hydrogen) atoms. The Morgan fingerprint density at radius 1 is 0.514 bits per heavy atom. The van der Waals surface area contributed by atoms with Gasteiger partial charge in [0.1, 0.15) is 11.6 Å². The molecule has 6 aromatic carbocycles. The lowest BCUT2D eigenvalue weighted by molar-refractivity contribution is -0.407. The lowest BCUT2D eigenvalue weighted by Crippen LogP contribution is -3.00. The molecule has 0 spiro atoms. The number of ether oxygens (including phenoxy) is 5. The zero-order valence-corrected chi connectivity index (χ0v) is 41.5. The van der Waals surface area contributed by atoms with Crippen LogP contribution in [0.3, 0.4) is 0 Å². The Morgan fingerprint density at radius 2 is 0.819 bits per heavy atom. The van der Waals surface area contributed by atoms with E-state index in [2.05, 4.69) is 11.1 Å². The number of rotatable bonds is 15. The van der Waals surface area contributed by atoms with Crippen molar-refractivity contribution in [2.75, 3.05) is 0 Å². The topological polar surface area (TPSA) is 252 Å². The number of primary amides is 1. The van der Waals surface area contributed by atoms with E-state index in [1.54, 1.807) is 130 Å². The van der Waals surface area contributed by atoms with Crippen LogP contribution in [0.25, 0.3) is 0 Å². The van der Waals surface area contributed by atoms with Gasteiger partial charge in [-0.05, 0) is 132 Å². The summed E-state index contributed by atoms with van der Waals surface area (Å²) in [5, 5.41) is 11.6. The van der Waals surface area contributed by atoms with Crippen LogP contribution in [0.15, 0.2) is 133 Å². The third-order valence-electron chi connectivity index (χ3n) is 10.3. The lowest BCUT2D eigenvalue weighted by Gasteiger charge is -2.22. The molecular weight excluding hydrogens is 946 g/mol. The minimum Gasteiger partial charge on any atom is -1.00 e. The van der Waals surface area contributed by atoms with Crippen molar-refractivity contribution in [2.45, 2.75) is 79.0 Å². The van der Waals surface area contributed by atoms with Gasteiger partial charge in [-0.25, -0.2) is 28.8 Å². The van der Waals surface area contributed by atoms with Gasteiger partial charge in [0.2, 0.25) is 5.91 Å². The number of benzene rings is 6. The van der Waals surface area contributed by atoms with Gasteiger partial charge >= 0.3 is 35.9 Å². The molecule has 0 aliphatic rings. The maximum absolute atomic E-state index is 12.9. The molecule has 16 nitrogen and oxygen atoms in total. The number of carboxylic acid groups (broad SMARTS) is 1. The summed E-state index contributed by atoms with van der Waals surface area (Å²) < 4.78 is 27.4. The highest BCUT2D eigenvalue weighted by molar-refractivity contribution is 5.94. The number of nitrogens with one attached hydrogen (secondary N) is 1. The molecule has 0 fully saturated rings. The van der Waals surface area contributed by atoms with E-state index in [1.165, 1.54) is 24.3 Å². The van der Waals surface area contributed by atoms with E-state index >= 15 is 0 Å². The van der Waals surface area contributed by atoms with Crippen molar-refractivity contribution in [1.82, 2.24) is 5.32 Å². The summed E-state index contributed by atoms with van der Waals surface area (Å²) in [5.74, 6) is -4.34. The fourth-order valence-electron chi connectivity index (χ4n) is 6.36. The van der Waals surface area contributed by atoms with Gasteiger partial charge in [0.25, 0.3) is 0 Å². The molecule has 0 bridgehead atoms. The van der Waals surface area contributed by atoms with E-state index in [0.717, 1.165) is 22.3 Å². The zero-order valence-electron chi connectivity index (χ0n) is 40.8. The number of carboxylic acids is 1. The number of amides is 2. The Kier molecular flexibility index (Phi) is 19.9. The second-order valence-corrected chi connectivity index (χ2v) is 17.6. The molecule has 0 aliphatic heterocycles. The number of aliphatic carboxylic acids is 1. The molecule has 0 aromatic heterocycles. The van der Waals surface area contributed by atoms with Crippen LogP contribution in [0.2, 0.25) is 0 Å². The van der Waals surface area contributed by atoms with Gasteiger partial charge in [-0.3, -0.25) is 4.79 Å². The fourth-order valence-corrected chi connectivity index (χ4v) is 6.36. The highest BCUT2D eigenvalue weighted by Crippen LogP contribution is 2.32. The Morgan fingerprint density at radius 3 is 1.11 bits per heavy atom. The minimum atomic E-state index is -1.11. The highest BCUT2D eigenvalue weighted by atomic mass is 35.5. The third-order valence-corrected chi connectivity index (χ3v) is 10.3. The number of alkyl carbamates (subject to hydrolysis) is 1. The number of nitrogens with two attached hydrogens (primary N) is 1. The van der Waals surface area contributed by atoms with E-state index in [-0.39, 0.29) is 48.2 Å². The Balaban J connectivity index is 0.000000314. The first-order valence-corrected chi connectivity index (χ1v) is 22.3. The third kappa shape index (κ3) is 17.3. The number of aryl methyl sites for hydroxylation is 4. The van der Waals surface area contributed by atoms with Crippen LogP contribution in [-0.2, 0) is 27.2 Å². The molecule has 17 heteroatoms. The van der Waals surface area contributed by atoms with Crippen molar-refractivity contribution < 1.29 is 80.5 Å². The predicted octanol–water partition coefficient (Wildman–Crippen LogP) is 4.65. The maximum atomic E-state index is 12.9. The molecule has 7 N–H and O–H groups in total. The molecule has 0 aliphatic carbocycles. The molecule has 2 amide bonds. The van der Waals surface area contributed by atoms with E-state index < -0.39 is 59.5 Å². The van der Waals surface area contributed by atoms with Crippen LogP contribution in [0, 0.1) is 27.7 Å². The SMILES string of the molecule is Cc1ccc(C(=O)Oc2ccc(C[C@H](NC(=O)OC(C)(C)C)C(N)=O)cc2OC(=O)c2ccc(C)cc2)cc1.Cc1ccc(C(=O)Oc2ccc(C[C@H]([NH3+])C(=O)O)cc2OC(=O)c2ccc(C)cc2)cc1.[Cl-]. The average molecular weight is 1000 g/mol. The van der Waals surface area contributed by atoms with Crippen molar-refractivity contribution in [1.29, 1.82) is 0 Å². The number of hydrogen-bond acceptors (Lipinski definition) is 12. The molecule has 0 saturated heterocycles. The normalized spacial score (nSPS) is 11.4. The summed E-state index contributed by atoms with van der Waals surface area (Å²) in [6.45, 7) is 12.7. The van der Waals surface area contributed by atoms with Crippen molar-refractivity contribution in [3.8, 4) is 23.0 Å². The summed E-state index contributed by atoms with van der Waals surface area (Å²) in [6, 6.07) is 34.4. The number of hydrogen-bond donors (Lipinski definition) is 4. The van der Waals surface area contributed by atoms with Gasteiger partial charge < -0.3 is 58.0 Å². The smallest absolute Gasteiger partial charge is 0.408 e. The summed E-state index contributed by atoms with van der Waals surface area (Å²) in [7, 11) is 0. The summed E-state index contributed by atoms with van der Waals surface area (Å²) in [4.78, 5) is 86.3. The first kappa shape index (κ1) is 56.2. The zero-order chi connectivity index (χ0) is 52.0. The van der Waals surface area contributed by atoms with Gasteiger partial charge in [-0.2, -0.15) is 0 Å². The monoisotopic (exact) mass is 1000 g/mol. The number of carbonyl (C=O) groups excluding carboxylic acids is 6. The van der Waals surface area contributed by atoms with Crippen LogP contribution in [0.1, 0.15) is 95.6 Å². The van der Waals surface area contributed by atoms with E-state index in [0.29, 0.717) is 33.4 Å². The van der Waals surface area contributed by atoms with Crippen LogP contribution in [0.5, 0.6) is 23.0 Å². The average Bonchev–Trinajstić information content (AvgIpc) is 3.30. The molecule has 2 atom stereocenters. The second kappa shape index (κ2) is 25.5. The molecule has 0 unspecified atom stereocenters. The molecule has 6 rings (SSSR count). The lowest BCUT2D eigenvalue weighted by atomic mass is 10.0. The van der Waals surface area contributed by atoms with Gasteiger partial charge in [0.05, 0.1) is 22.3 Å². The van der Waals surface area contributed by atoms with Gasteiger partial charge in [-0.15, -0.1) is 0 Å². The Hall–Kier alpha value is -8.34. The number of halogens is 1. The predicted molar refractivity (Wildman–Crippen MR) is 262 cm³/mol. The largest absolute Gasteiger partial charge is 1.00 e. The van der Waals surface area contributed by atoms with E-state index in [4.69, 9.17) is 34.5 Å². The van der Waals surface area contributed by atoms with Gasteiger partial charge in [-0.1, -0.05) is 82.9 Å². The maximum Gasteiger partial charge on any atom is 0.408 e. The molecule has 0 radical (unpaired) electrons. The quantitative estimate of drug-likeness (QED) is 0.0809. The number of quaternary nitrogens is 1. The summed E-state index contributed by atoms with van der Waals surface area (Å²) in [6.07, 6.45) is -0.715. The van der Waals surface area contributed by atoms with Crippen molar-refractivity contribution >= 4 is 41.8 Å². The Labute approximate surface area is 423 Å². The summed E-state index contributed by atoms with van der Waals surface area (Å²) >= 11 is 0. The van der Waals surface area contributed by atoms with Gasteiger partial charge in [0, 0.05) is 12.8 Å². The number of esters is 4. The first-order valence-electron chi connectivity index (χ1n) is 22.3. The van der Waals surface area contributed by atoms with Gasteiger partial charge in [0.15, 0.2) is 29.0 Å². The highest BCUT2D eigenvalue weighted by Gasteiger charge is 2.25. The molecule has 0 heterocycles. The molecule has 6 aromatic rings. The van der Waals surface area contributed by atoms with Crippen LogP contribution in [-0.4, -0.2) is 64.6 Å². The second-order valence-electron chi connectivity index (χ2n) is 17.6. The van der Waals surface area contributed by atoms with Crippen molar-refractivity contribution in [3.05, 3.63) is 189 Å². The standard InChI is InChI=1S/C30H32N2O7.C25H23NO6.ClH/c1-18-6-11-21(12-7-18)27(34)37-24-15-10-20(16-23(26(31)33)32-29(36)39-30(3,4)5)17-25(24)38-28(35)22-13-8-19(2)9-14-22;1-15-3-8-18(9-4-15)24(29)31-21-12-7-17(13-20(26)23(27)28)14-22(21)32-25(30)19-10-5-16(2)6-11-19;/h6-15,17,23H,16H2,1-5H3,(H2,31,33)(H,32,36);3-12,14,20H,13,26H2,1-2H3,(H,27,28);1H/t23-;20-;/m00./s1. The van der Waals surface area contributed by atoms with Crippen LogP contribution >= 0.6 is 0 Å². The van der Waals surface area contributed by atoms with Crippen molar-refractivity contribution in [2.24, 2.45) is 5.73 Å². The first-order chi connectivity index (χ1) is 33.5. The Bertz CT molecular complexity index is 2900. The fraction of sp³-hybridized carbons (Fsp3) is 0.218. The molecular formula is C55H56ClN3O13.